The monoisotopic (exact) mass is 536 g/mol. The molecule has 0 saturated carbocycles. The largest absolute Gasteiger partial charge is 0.484 e. The third kappa shape index (κ3) is 7.96. The molecule has 4 aromatic carbocycles. The fourth-order valence-electron chi connectivity index (χ4n) is 4.30. The average Bonchev–Trinajstić information content (AvgIpc) is 3.02. The van der Waals surface area contributed by atoms with E-state index in [1.165, 1.54) is 11.1 Å². The first-order chi connectivity index (χ1) is 19.6. The summed E-state index contributed by atoms with van der Waals surface area (Å²) in [6.45, 7) is 4.53. The standard InChI is InChI=1S/C34H36N2O4/c1-3-27-15-19-31(20-16-27)39-25-33(37)35(29-11-7-5-8-12-29)23-24-36(30-13-9-6-10-14-30)34(38)26-40-32-21-17-28(4-2)18-22-32/h5-22H,3-4,23-26H2,1-2H3. The highest BCUT2D eigenvalue weighted by atomic mass is 16.5. The number of hydrogen-bond donors (Lipinski definition) is 0. The van der Waals surface area contributed by atoms with Gasteiger partial charge in [0.25, 0.3) is 11.8 Å². The van der Waals surface area contributed by atoms with Crippen molar-refractivity contribution >= 4 is 23.2 Å². The predicted octanol–water partition coefficient (Wildman–Crippen LogP) is 6.34. The number of para-hydroxylation sites is 2. The van der Waals surface area contributed by atoms with Gasteiger partial charge < -0.3 is 19.3 Å². The van der Waals surface area contributed by atoms with Crippen molar-refractivity contribution in [2.75, 3.05) is 36.1 Å². The number of hydrogen-bond acceptors (Lipinski definition) is 4. The smallest absolute Gasteiger partial charge is 0.264 e. The molecule has 6 heteroatoms. The highest BCUT2D eigenvalue weighted by Crippen LogP contribution is 2.19. The van der Waals surface area contributed by atoms with Crippen LogP contribution in [0.2, 0.25) is 0 Å². The molecular formula is C34H36N2O4. The number of carbonyl (C=O) groups is 2. The zero-order valence-electron chi connectivity index (χ0n) is 23.2. The Hall–Kier alpha value is -4.58. The number of benzene rings is 4. The molecule has 6 nitrogen and oxygen atoms in total. The van der Waals surface area contributed by atoms with E-state index >= 15 is 0 Å². The van der Waals surface area contributed by atoms with Crippen LogP contribution in [-0.4, -0.2) is 38.1 Å². The summed E-state index contributed by atoms with van der Waals surface area (Å²) >= 11 is 0. The lowest BCUT2D eigenvalue weighted by Crippen LogP contribution is -2.44. The van der Waals surface area contributed by atoms with E-state index in [-0.39, 0.29) is 38.1 Å². The second-order valence-corrected chi connectivity index (χ2v) is 9.33. The molecule has 206 valence electrons. The minimum absolute atomic E-state index is 0.115. The first kappa shape index (κ1) is 28.4. The molecule has 0 atom stereocenters. The molecule has 4 aromatic rings. The zero-order valence-corrected chi connectivity index (χ0v) is 23.2. The van der Waals surface area contributed by atoms with Gasteiger partial charge in [-0.2, -0.15) is 0 Å². The maximum atomic E-state index is 13.4. The molecule has 40 heavy (non-hydrogen) atoms. The van der Waals surface area contributed by atoms with E-state index in [1.54, 1.807) is 9.80 Å². The number of nitrogens with zero attached hydrogens (tertiary/aromatic N) is 2. The van der Waals surface area contributed by atoms with Crippen molar-refractivity contribution in [2.45, 2.75) is 26.7 Å². The number of ether oxygens (including phenoxy) is 2. The summed E-state index contributed by atoms with van der Waals surface area (Å²) in [5.41, 5.74) is 3.89. The average molecular weight is 537 g/mol. The molecule has 0 aliphatic rings. The Morgan fingerprint density at radius 3 is 1.20 bits per heavy atom. The Balaban J connectivity index is 1.46. The van der Waals surface area contributed by atoms with Gasteiger partial charge in [-0.15, -0.1) is 0 Å². The molecule has 0 radical (unpaired) electrons. The van der Waals surface area contributed by atoms with Gasteiger partial charge in [-0.05, 0) is 72.5 Å². The van der Waals surface area contributed by atoms with Crippen molar-refractivity contribution in [3.05, 3.63) is 120 Å². The molecule has 0 N–H and O–H groups in total. The maximum absolute atomic E-state index is 13.4. The maximum Gasteiger partial charge on any atom is 0.264 e. The van der Waals surface area contributed by atoms with Gasteiger partial charge in [0.1, 0.15) is 11.5 Å². The molecule has 0 fully saturated rings. The molecule has 0 spiro atoms. The Morgan fingerprint density at radius 1 is 0.525 bits per heavy atom. The van der Waals surface area contributed by atoms with Crippen molar-refractivity contribution < 1.29 is 19.1 Å². The van der Waals surface area contributed by atoms with E-state index in [9.17, 15) is 9.59 Å². The predicted molar refractivity (Wildman–Crippen MR) is 160 cm³/mol. The first-order valence-electron chi connectivity index (χ1n) is 13.7. The van der Waals surface area contributed by atoms with Gasteiger partial charge in [0.15, 0.2) is 13.2 Å². The zero-order chi connectivity index (χ0) is 28.2. The fourth-order valence-corrected chi connectivity index (χ4v) is 4.30. The van der Waals surface area contributed by atoms with Gasteiger partial charge >= 0.3 is 0 Å². The normalized spacial score (nSPS) is 10.6. The number of anilines is 2. The van der Waals surface area contributed by atoms with Gasteiger partial charge in [-0.25, -0.2) is 0 Å². The summed E-state index contributed by atoms with van der Waals surface area (Å²) in [7, 11) is 0. The molecule has 0 aliphatic carbocycles. The van der Waals surface area contributed by atoms with Crippen LogP contribution in [0.25, 0.3) is 0 Å². The first-order valence-corrected chi connectivity index (χ1v) is 13.7. The quantitative estimate of drug-likeness (QED) is 0.200. The molecule has 2 amide bonds. The highest BCUT2D eigenvalue weighted by molar-refractivity contribution is 5.96. The highest BCUT2D eigenvalue weighted by Gasteiger charge is 2.22. The lowest BCUT2D eigenvalue weighted by molar-refractivity contribution is -0.122. The van der Waals surface area contributed by atoms with E-state index < -0.39 is 0 Å². The summed E-state index contributed by atoms with van der Waals surface area (Å²) in [6.07, 6.45) is 1.88. The van der Waals surface area contributed by atoms with Crippen LogP contribution in [0.15, 0.2) is 109 Å². The van der Waals surface area contributed by atoms with Crippen LogP contribution in [0.3, 0.4) is 0 Å². The summed E-state index contributed by atoms with van der Waals surface area (Å²) in [5, 5.41) is 0. The molecule has 0 saturated heterocycles. The van der Waals surface area contributed by atoms with Gasteiger partial charge in [-0.1, -0.05) is 74.5 Å². The molecule has 0 bridgehead atoms. The molecule has 0 aromatic heterocycles. The molecule has 4 rings (SSSR count). The van der Waals surface area contributed by atoms with Gasteiger partial charge in [-0.3, -0.25) is 9.59 Å². The van der Waals surface area contributed by atoms with Crippen molar-refractivity contribution in [3.63, 3.8) is 0 Å². The van der Waals surface area contributed by atoms with Gasteiger partial charge in [0, 0.05) is 24.5 Å². The van der Waals surface area contributed by atoms with Crippen LogP contribution < -0.4 is 19.3 Å². The molecule has 0 unspecified atom stereocenters. The summed E-state index contributed by atoms with van der Waals surface area (Å²) in [5.74, 6) is 0.893. The van der Waals surface area contributed by atoms with Crippen molar-refractivity contribution in [1.82, 2.24) is 0 Å². The minimum Gasteiger partial charge on any atom is -0.484 e. The molecule has 0 heterocycles. The molecule has 0 aliphatic heterocycles. The fraction of sp³-hybridized carbons (Fsp3) is 0.235. The second kappa shape index (κ2) is 14.5. The van der Waals surface area contributed by atoms with E-state index in [4.69, 9.17) is 9.47 Å². The van der Waals surface area contributed by atoms with E-state index in [0.29, 0.717) is 11.5 Å². The Bertz CT molecular complexity index is 1230. The topological polar surface area (TPSA) is 59.1 Å². The van der Waals surface area contributed by atoms with E-state index in [0.717, 1.165) is 24.2 Å². The number of aryl methyl sites for hydroxylation is 2. The lowest BCUT2D eigenvalue weighted by Gasteiger charge is -2.28. The summed E-state index contributed by atoms with van der Waals surface area (Å²) < 4.78 is 11.6. The Kier molecular flexibility index (Phi) is 10.3. The third-order valence-corrected chi connectivity index (χ3v) is 6.67. The summed E-state index contributed by atoms with van der Waals surface area (Å²) in [6, 6.07) is 34.4. The van der Waals surface area contributed by atoms with Crippen molar-refractivity contribution in [1.29, 1.82) is 0 Å². The Labute approximate surface area is 236 Å². The lowest BCUT2D eigenvalue weighted by atomic mass is 10.2. The van der Waals surface area contributed by atoms with Crippen molar-refractivity contribution in [2.24, 2.45) is 0 Å². The van der Waals surface area contributed by atoms with Crippen molar-refractivity contribution in [3.8, 4) is 11.5 Å². The number of carbonyl (C=O) groups excluding carboxylic acids is 2. The van der Waals surface area contributed by atoms with E-state index in [1.807, 2.05) is 109 Å². The van der Waals surface area contributed by atoms with E-state index in [2.05, 4.69) is 13.8 Å². The van der Waals surface area contributed by atoms with Crippen LogP contribution in [0.5, 0.6) is 11.5 Å². The van der Waals surface area contributed by atoms with Crippen LogP contribution >= 0.6 is 0 Å². The third-order valence-electron chi connectivity index (χ3n) is 6.67. The Morgan fingerprint density at radius 2 is 0.875 bits per heavy atom. The second-order valence-electron chi connectivity index (χ2n) is 9.33. The van der Waals surface area contributed by atoms with Crippen LogP contribution in [-0.2, 0) is 22.4 Å². The van der Waals surface area contributed by atoms with Crippen LogP contribution in [0.4, 0.5) is 11.4 Å². The SMILES string of the molecule is CCc1ccc(OCC(=O)N(CCN(C(=O)COc2ccc(CC)cc2)c2ccccc2)c2ccccc2)cc1. The molecular weight excluding hydrogens is 500 g/mol. The minimum atomic E-state index is -0.196. The van der Waals surface area contributed by atoms with Gasteiger partial charge in [0.05, 0.1) is 0 Å². The summed E-state index contributed by atoms with van der Waals surface area (Å²) in [4.78, 5) is 30.1. The van der Waals surface area contributed by atoms with Crippen LogP contribution in [0, 0.1) is 0 Å². The number of amides is 2. The van der Waals surface area contributed by atoms with Crippen LogP contribution in [0.1, 0.15) is 25.0 Å². The number of rotatable bonds is 13. The van der Waals surface area contributed by atoms with Gasteiger partial charge in [0.2, 0.25) is 0 Å².